The Morgan fingerprint density at radius 2 is 2.45 bits per heavy atom. The van der Waals surface area contributed by atoms with Crippen LogP contribution in [0.15, 0.2) is 28.0 Å². The normalized spacial score (nSPS) is 9.91. The fraction of sp³-hybridized carbons (Fsp3) is 0.375. The number of pyridine rings is 1. The van der Waals surface area contributed by atoms with E-state index in [1.165, 1.54) is 0 Å². The van der Waals surface area contributed by atoms with Gasteiger partial charge in [-0.2, -0.15) is 0 Å². The SMILES string of the molecule is CCCSc1cc[nH]c(=O)c1. The number of thioether (sulfide) groups is 1. The minimum Gasteiger partial charge on any atom is -0.329 e. The summed E-state index contributed by atoms with van der Waals surface area (Å²) in [6, 6.07) is 3.54. The van der Waals surface area contributed by atoms with Gasteiger partial charge < -0.3 is 4.98 Å². The summed E-state index contributed by atoms with van der Waals surface area (Å²) >= 11 is 1.71. The highest BCUT2D eigenvalue weighted by Gasteiger charge is 1.91. The third kappa shape index (κ3) is 2.80. The molecule has 0 spiro atoms. The van der Waals surface area contributed by atoms with Crippen molar-refractivity contribution < 1.29 is 0 Å². The molecule has 0 saturated carbocycles. The molecule has 0 unspecified atom stereocenters. The standard InChI is InChI=1S/C8H11NOS/c1-2-5-11-7-3-4-9-8(10)6-7/h3-4,6H,2,5H2,1H3,(H,9,10). The Morgan fingerprint density at radius 1 is 1.64 bits per heavy atom. The van der Waals surface area contributed by atoms with Crippen LogP contribution in [0, 0.1) is 0 Å². The highest BCUT2D eigenvalue weighted by Crippen LogP contribution is 2.14. The van der Waals surface area contributed by atoms with Gasteiger partial charge in [-0.15, -0.1) is 11.8 Å². The second-order valence-electron chi connectivity index (χ2n) is 2.24. The molecule has 0 bridgehead atoms. The maximum Gasteiger partial charge on any atom is 0.249 e. The van der Waals surface area contributed by atoms with Crippen molar-refractivity contribution in [3.05, 3.63) is 28.7 Å². The quantitative estimate of drug-likeness (QED) is 0.701. The van der Waals surface area contributed by atoms with E-state index in [0.717, 1.165) is 17.1 Å². The van der Waals surface area contributed by atoms with Gasteiger partial charge in [-0.05, 0) is 18.2 Å². The van der Waals surface area contributed by atoms with Crippen LogP contribution in [0.25, 0.3) is 0 Å². The van der Waals surface area contributed by atoms with Crippen molar-refractivity contribution in [2.75, 3.05) is 5.75 Å². The maximum atomic E-state index is 10.8. The molecule has 2 nitrogen and oxygen atoms in total. The van der Waals surface area contributed by atoms with Crippen molar-refractivity contribution in [1.29, 1.82) is 0 Å². The topological polar surface area (TPSA) is 32.9 Å². The lowest BCUT2D eigenvalue weighted by Crippen LogP contribution is -2.01. The Labute approximate surface area is 70.0 Å². The zero-order valence-corrected chi connectivity index (χ0v) is 7.28. The van der Waals surface area contributed by atoms with Crippen molar-refractivity contribution in [2.45, 2.75) is 18.2 Å². The second kappa shape index (κ2) is 4.23. The third-order valence-corrected chi connectivity index (χ3v) is 2.42. The summed E-state index contributed by atoms with van der Waals surface area (Å²) in [7, 11) is 0. The lowest BCUT2D eigenvalue weighted by molar-refractivity contribution is 1.10. The van der Waals surface area contributed by atoms with Crippen molar-refractivity contribution in [3.8, 4) is 0 Å². The van der Waals surface area contributed by atoms with E-state index in [-0.39, 0.29) is 5.56 Å². The Morgan fingerprint density at radius 3 is 3.09 bits per heavy atom. The van der Waals surface area contributed by atoms with Gasteiger partial charge in [0.05, 0.1) is 0 Å². The third-order valence-electron chi connectivity index (χ3n) is 1.22. The van der Waals surface area contributed by atoms with Gasteiger partial charge >= 0.3 is 0 Å². The van der Waals surface area contributed by atoms with Gasteiger partial charge in [0, 0.05) is 17.2 Å². The van der Waals surface area contributed by atoms with Crippen LogP contribution in [0.2, 0.25) is 0 Å². The highest BCUT2D eigenvalue weighted by molar-refractivity contribution is 7.99. The molecule has 0 atom stereocenters. The predicted molar refractivity (Wildman–Crippen MR) is 48.1 cm³/mol. The molecule has 1 heterocycles. The van der Waals surface area contributed by atoms with Crippen LogP contribution in [0.1, 0.15) is 13.3 Å². The van der Waals surface area contributed by atoms with Crippen LogP contribution in [0.3, 0.4) is 0 Å². The first-order valence-electron chi connectivity index (χ1n) is 3.64. The number of rotatable bonds is 3. The molecule has 0 aromatic carbocycles. The number of aromatic amines is 1. The number of aromatic nitrogens is 1. The van der Waals surface area contributed by atoms with Crippen LogP contribution in [0.4, 0.5) is 0 Å². The molecule has 1 aromatic rings. The van der Waals surface area contributed by atoms with E-state index < -0.39 is 0 Å². The van der Waals surface area contributed by atoms with E-state index in [4.69, 9.17) is 0 Å². The van der Waals surface area contributed by atoms with Crippen LogP contribution in [-0.2, 0) is 0 Å². The van der Waals surface area contributed by atoms with Gasteiger partial charge in [0.25, 0.3) is 0 Å². The molecule has 60 valence electrons. The van der Waals surface area contributed by atoms with Gasteiger partial charge in [-0.1, -0.05) is 6.92 Å². The summed E-state index contributed by atoms with van der Waals surface area (Å²) in [6.07, 6.45) is 2.82. The fourth-order valence-electron chi connectivity index (χ4n) is 0.735. The van der Waals surface area contributed by atoms with E-state index in [1.807, 2.05) is 6.07 Å². The first-order valence-corrected chi connectivity index (χ1v) is 4.63. The van der Waals surface area contributed by atoms with E-state index in [2.05, 4.69) is 11.9 Å². The molecule has 1 N–H and O–H groups in total. The molecule has 0 radical (unpaired) electrons. The van der Waals surface area contributed by atoms with Gasteiger partial charge in [0.2, 0.25) is 5.56 Å². The molecule has 0 aliphatic carbocycles. The number of nitrogens with one attached hydrogen (secondary N) is 1. The van der Waals surface area contributed by atoms with Crippen molar-refractivity contribution >= 4 is 11.8 Å². The molecule has 0 fully saturated rings. The lowest BCUT2D eigenvalue weighted by atomic mass is 10.5. The highest BCUT2D eigenvalue weighted by atomic mass is 32.2. The first kappa shape index (κ1) is 8.40. The van der Waals surface area contributed by atoms with Crippen molar-refractivity contribution in [3.63, 3.8) is 0 Å². The van der Waals surface area contributed by atoms with Crippen LogP contribution >= 0.6 is 11.8 Å². The van der Waals surface area contributed by atoms with Crippen LogP contribution in [-0.4, -0.2) is 10.7 Å². The zero-order chi connectivity index (χ0) is 8.10. The molecular weight excluding hydrogens is 158 g/mol. The largest absolute Gasteiger partial charge is 0.329 e. The Kier molecular flexibility index (Phi) is 3.23. The minimum atomic E-state index is -0.0221. The Balaban J connectivity index is 2.64. The zero-order valence-electron chi connectivity index (χ0n) is 6.46. The van der Waals surface area contributed by atoms with E-state index in [0.29, 0.717) is 0 Å². The summed E-state index contributed by atoms with van der Waals surface area (Å²) in [5, 5.41) is 0. The average molecular weight is 169 g/mol. The average Bonchev–Trinajstić information content (AvgIpc) is 2.01. The molecule has 11 heavy (non-hydrogen) atoms. The van der Waals surface area contributed by atoms with E-state index in [9.17, 15) is 4.79 Å². The summed E-state index contributed by atoms with van der Waals surface area (Å²) < 4.78 is 0. The van der Waals surface area contributed by atoms with Gasteiger partial charge in [-0.25, -0.2) is 0 Å². The fourth-order valence-corrected chi connectivity index (χ4v) is 1.53. The molecule has 1 rings (SSSR count). The van der Waals surface area contributed by atoms with E-state index >= 15 is 0 Å². The molecule has 3 heteroatoms. The molecule has 0 amide bonds. The molecule has 0 saturated heterocycles. The first-order chi connectivity index (χ1) is 5.33. The molecular formula is C8H11NOS. The number of H-pyrrole nitrogens is 1. The number of hydrogen-bond donors (Lipinski definition) is 1. The minimum absolute atomic E-state index is 0.0221. The monoisotopic (exact) mass is 169 g/mol. The summed E-state index contributed by atoms with van der Waals surface area (Å²) in [6.45, 7) is 2.13. The van der Waals surface area contributed by atoms with Gasteiger partial charge in [0.1, 0.15) is 0 Å². The summed E-state index contributed by atoms with van der Waals surface area (Å²) in [5.41, 5.74) is -0.0221. The van der Waals surface area contributed by atoms with Gasteiger partial charge in [0.15, 0.2) is 0 Å². The predicted octanol–water partition coefficient (Wildman–Crippen LogP) is 1.88. The van der Waals surface area contributed by atoms with Gasteiger partial charge in [-0.3, -0.25) is 4.79 Å². The Hall–Kier alpha value is -0.700. The van der Waals surface area contributed by atoms with Crippen molar-refractivity contribution in [1.82, 2.24) is 4.98 Å². The summed E-state index contributed by atoms with van der Waals surface area (Å²) in [5.74, 6) is 1.07. The maximum absolute atomic E-state index is 10.8. The number of hydrogen-bond acceptors (Lipinski definition) is 2. The molecule has 0 aliphatic heterocycles. The lowest BCUT2D eigenvalue weighted by Gasteiger charge is -1.96. The molecule has 1 aromatic heterocycles. The Bertz CT molecular complexity index is 269. The second-order valence-corrected chi connectivity index (χ2v) is 3.41. The summed E-state index contributed by atoms with van der Waals surface area (Å²) in [4.78, 5) is 14.4. The van der Waals surface area contributed by atoms with Crippen LogP contribution in [0.5, 0.6) is 0 Å². The molecule has 0 aliphatic rings. The smallest absolute Gasteiger partial charge is 0.249 e. The van der Waals surface area contributed by atoms with Crippen molar-refractivity contribution in [2.24, 2.45) is 0 Å². The van der Waals surface area contributed by atoms with Crippen LogP contribution < -0.4 is 5.56 Å². The van der Waals surface area contributed by atoms with E-state index in [1.54, 1.807) is 24.0 Å².